The molecule has 0 fully saturated rings. The van der Waals surface area contributed by atoms with E-state index >= 15 is 0 Å². The Hall–Kier alpha value is -5.84. The van der Waals surface area contributed by atoms with Gasteiger partial charge >= 0.3 is 0 Å². The number of hydrogen-bond acceptors (Lipinski definition) is 4. The molecule has 0 atom stereocenters. The minimum absolute atomic E-state index is 0.849. The highest BCUT2D eigenvalue weighted by Crippen LogP contribution is 2.48. The third-order valence-electron chi connectivity index (χ3n) is 9.04. The van der Waals surface area contributed by atoms with E-state index in [1.54, 1.807) is 0 Å². The number of rotatable bonds is 4. The van der Waals surface area contributed by atoms with Gasteiger partial charge in [0.1, 0.15) is 22.3 Å². The molecule has 46 heavy (non-hydrogen) atoms. The summed E-state index contributed by atoms with van der Waals surface area (Å²) in [5, 5.41) is 6.86. The molecule has 0 aliphatic carbocycles. The Balaban J connectivity index is 1.37. The van der Waals surface area contributed by atoms with Crippen LogP contribution in [0.5, 0.6) is 0 Å². The van der Waals surface area contributed by atoms with Gasteiger partial charge in [-0.05, 0) is 60.7 Å². The lowest BCUT2D eigenvalue weighted by Crippen LogP contribution is -2.09. The van der Waals surface area contributed by atoms with E-state index < -0.39 is 0 Å². The first kappa shape index (κ1) is 25.5. The van der Waals surface area contributed by atoms with Crippen LogP contribution in [0.3, 0.4) is 0 Å². The van der Waals surface area contributed by atoms with Crippen molar-refractivity contribution in [3.8, 4) is 11.1 Å². The molecule has 3 heterocycles. The summed E-state index contributed by atoms with van der Waals surface area (Å²) in [4.78, 5) is 2.33. The fraction of sp³-hybridized carbons (Fsp3) is 0. The summed E-state index contributed by atoms with van der Waals surface area (Å²) in [6, 6.07) is 53.4. The van der Waals surface area contributed by atoms with Crippen LogP contribution in [0.15, 0.2) is 160 Å². The highest BCUT2D eigenvalue weighted by molar-refractivity contribution is 7.26. The van der Waals surface area contributed by atoms with E-state index in [-0.39, 0.29) is 0 Å². The molecule has 3 aromatic heterocycles. The summed E-state index contributed by atoms with van der Waals surface area (Å²) >= 11 is 1.84. The minimum Gasteiger partial charge on any atom is -0.456 e. The molecule has 0 saturated heterocycles. The molecule has 10 rings (SSSR count). The van der Waals surface area contributed by atoms with Crippen molar-refractivity contribution in [2.45, 2.75) is 0 Å². The van der Waals surface area contributed by atoms with Crippen LogP contribution in [0.1, 0.15) is 0 Å². The lowest BCUT2D eigenvalue weighted by molar-refractivity contribution is 0.663. The van der Waals surface area contributed by atoms with Crippen LogP contribution in [-0.4, -0.2) is 0 Å². The summed E-state index contributed by atoms with van der Waals surface area (Å²) in [5.41, 5.74) is 8.93. The van der Waals surface area contributed by atoms with Crippen molar-refractivity contribution >= 4 is 92.4 Å². The smallest absolute Gasteiger partial charge is 0.143 e. The Morgan fingerprint density at radius 3 is 1.83 bits per heavy atom. The topological polar surface area (TPSA) is 29.5 Å². The van der Waals surface area contributed by atoms with Gasteiger partial charge in [0.2, 0.25) is 0 Å². The first-order chi connectivity index (χ1) is 22.8. The molecular formula is C42H25NO2S. The van der Waals surface area contributed by atoms with Crippen molar-refractivity contribution in [3.63, 3.8) is 0 Å². The van der Waals surface area contributed by atoms with Crippen molar-refractivity contribution in [2.24, 2.45) is 0 Å². The molecule has 0 spiro atoms. The summed E-state index contributed by atoms with van der Waals surface area (Å²) < 4.78 is 15.8. The SMILES string of the molecule is c1ccc(N(c2ccccc2)c2cc(-c3cccc4c3sc3ccccc34)c3oc4ccc5oc6ccccc6c5c4c3c2)cc1. The largest absolute Gasteiger partial charge is 0.456 e. The van der Waals surface area contributed by atoms with Crippen LogP contribution in [0.25, 0.3) is 75.2 Å². The number of para-hydroxylation sites is 3. The number of anilines is 3. The predicted molar refractivity (Wildman–Crippen MR) is 194 cm³/mol. The summed E-state index contributed by atoms with van der Waals surface area (Å²) in [5.74, 6) is 0. The summed E-state index contributed by atoms with van der Waals surface area (Å²) in [7, 11) is 0. The molecule has 0 aliphatic rings. The van der Waals surface area contributed by atoms with E-state index in [9.17, 15) is 0 Å². The second kappa shape index (κ2) is 9.83. The third kappa shape index (κ3) is 3.71. The molecule has 10 aromatic rings. The van der Waals surface area contributed by atoms with Gasteiger partial charge in [-0.3, -0.25) is 0 Å². The fourth-order valence-electron chi connectivity index (χ4n) is 7.06. The van der Waals surface area contributed by atoms with Crippen molar-refractivity contribution in [3.05, 3.63) is 152 Å². The van der Waals surface area contributed by atoms with Gasteiger partial charge in [0, 0.05) is 69.9 Å². The van der Waals surface area contributed by atoms with Crippen molar-refractivity contribution < 1.29 is 8.83 Å². The number of benzene rings is 7. The van der Waals surface area contributed by atoms with E-state index in [1.165, 1.54) is 25.7 Å². The monoisotopic (exact) mass is 607 g/mol. The van der Waals surface area contributed by atoms with Crippen molar-refractivity contribution in [1.82, 2.24) is 0 Å². The summed E-state index contributed by atoms with van der Waals surface area (Å²) in [6.07, 6.45) is 0. The fourth-order valence-corrected chi connectivity index (χ4v) is 8.29. The second-order valence-electron chi connectivity index (χ2n) is 11.7. The van der Waals surface area contributed by atoms with Crippen LogP contribution >= 0.6 is 11.3 Å². The number of hydrogen-bond donors (Lipinski definition) is 0. The van der Waals surface area contributed by atoms with Crippen LogP contribution < -0.4 is 4.90 Å². The zero-order chi connectivity index (χ0) is 30.2. The Labute approximate surface area is 268 Å². The van der Waals surface area contributed by atoms with Gasteiger partial charge < -0.3 is 13.7 Å². The first-order valence-corrected chi connectivity index (χ1v) is 16.2. The third-order valence-corrected chi connectivity index (χ3v) is 10.3. The molecule has 7 aromatic carbocycles. The zero-order valence-electron chi connectivity index (χ0n) is 24.6. The van der Waals surface area contributed by atoms with Gasteiger partial charge in [-0.1, -0.05) is 91.0 Å². The molecule has 216 valence electrons. The van der Waals surface area contributed by atoms with E-state index in [2.05, 4.69) is 138 Å². The number of thiophene rings is 1. The lowest BCUT2D eigenvalue weighted by atomic mass is 9.97. The van der Waals surface area contributed by atoms with Gasteiger partial charge in [0.15, 0.2) is 0 Å². The van der Waals surface area contributed by atoms with E-state index in [4.69, 9.17) is 8.83 Å². The maximum atomic E-state index is 6.88. The molecule has 0 N–H and O–H groups in total. The Morgan fingerprint density at radius 1 is 0.413 bits per heavy atom. The molecule has 0 unspecified atom stereocenters. The first-order valence-electron chi connectivity index (χ1n) is 15.4. The van der Waals surface area contributed by atoms with Crippen LogP contribution in [0.4, 0.5) is 17.1 Å². The quantitative estimate of drug-likeness (QED) is 0.199. The molecular weight excluding hydrogens is 583 g/mol. The minimum atomic E-state index is 0.849. The molecule has 3 nitrogen and oxygen atoms in total. The Morgan fingerprint density at radius 2 is 1.04 bits per heavy atom. The maximum Gasteiger partial charge on any atom is 0.143 e. The number of nitrogens with zero attached hydrogens (tertiary/aromatic N) is 1. The van der Waals surface area contributed by atoms with Crippen molar-refractivity contribution in [1.29, 1.82) is 0 Å². The number of furan rings is 2. The standard InChI is InChI=1S/C42H25NO2S/c1-3-12-26(13-4-1)43(27-14-5-2-6-15-27)28-24-33(31-19-11-18-30-29-16-8-10-21-38(29)46-42(30)31)41-34(25-28)40-37(45-41)23-22-36-39(40)32-17-7-9-20-35(32)44-36/h1-25H. The van der Waals surface area contributed by atoms with Gasteiger partial charge in [0.25, 0.3) is 0 Å². The molecule has 0 bridgehead atoms. The molecule has 4 heteroatoms. The van der Waals surface area contributed by atoms with Crippen LogP contribution in [0.2, 0.25) is 0 Å². The van der Waals surface area contributed by atoms with Gasteiger partial charge in [-0.2, -0.15) is 0 Å². The Kier molecular flexibility index (Phi) is 5.45. The zero-order valence-corrected chi connectivity index (χ0v) is 25.4. The molecule has 0 saturated carbocycles. The van der Waals surface area contributed by atoms with Crippen LogP contribution in [-0.2, 0) is 0 Å². The maximum absolute atomic E-state index is 6.88. The average molecular weight is 608 g/mol. The van der Waals surface area contributed by atoms with Crippen molar-refractivity contribution in [2.75, 3.05) is 4.90 Å². The lowest BCUT2D eigenvalue weighted by Gasteiger charge is -2.26. The molecule has 0 aliphatic heterocycles. The van der Waals surface area contributed by atoms with E-state index in [1.807, 2.05) is 29.5 Å². The molecule has 0 amide bonds. The normalized spacial score (nSPS) is 11.9. The van der Waals surface area contributed by atoms with Gasteiger partial charge in [-0.15, -0.1) is 11.3 Å². The highest BCUT2D eigenvalue weighted by Gasteiger charge is 2.23. The summed E-state index contributed by atoms with van der Waals surface area (Å²) in [6.45, 7) is 0. The molecule has 0 radical (unpaired) electrons. The Bertz CT molecular complexity index is 2710. The van der Waals surface area contributed by atoms with Gasteiger partial charge in [-0.25, -0.2) is 0 Å². The average Bonchev–Trinajstić information content (AvgIpc) is 3.80. The van der Waals surface area contributed by atoms with Crippen LogP contribution in [0, 0.1) is 0 Å². The van der Waals surface area contributed by atoms with E-state index in [0.717, 1.165) is 66.5 Å². The second-order valence-corrected chi connectivity index (χ2v) is 12.7. The number of fused-ring (bicyclic) bond motifs is 10. The highest BCUT2D eigenvalue weighted by atomic mass is 32.1. The van der Waals surface area contributed by atoms with Gasteiger partial charge in [0.05, 0.1) is 0 Å². The predicted octanol–water partition coefficient (Wildman–Crippen LogP) is 13.0. The van der Waals surface area contributed by atoms with E-state index in [0.29, 0.717) is 0 Å².